The molecule has 0 aliphatic carbocycles. The smallest absolute Gasteiger partial charge is 0.225 e. The first kappa shape index (κ1) is 16.8. The van der Waals surface area contributed by atoms with Crippen LogP contribution in [0.2, 0.25) is 5.02 Å². The van der Waals surface area contributed by atoms with Gasteiger partial charge in [0, 0.05) is 30.6 Å². The van der Waals surface area contributed by atoms with Crippen LogP contribution in [0.1, 0.15) is 44.1 Å². The van der Waals surface area contributed by atoms with Gasteiger partial charge in [0.05, 0.1) is 0 Å². The van der Waals surface area contributed by atoms with E-state index < -0.39 is 0 Å². The lowest BCUT2D eigenvalue weighted by Gasteiger charge is -2.34. The second-order valence-corrected chi connectivity index (χ2v) is 7.36. The third-order valence-corrected chi connectivity index (χ3v) is 5.38. The summed E-state index contributed by atoms with van der Waals surface area (Å²) in [5.74, 6) is 0.651. The van der Waals surface area contributed by atoms with Gasteiger partial charge in [0.2, 0.25) is 5.91 Å². The fourth-order valence-electron chi connectivity index (χ4n) is 3.78. The van der Waals surface area contributed by atoms with Crippen molar-refractivity contribution in [1.29, 1.82) is 0 Å². The van der Waals surface area contributed by atoms with Crippen LogP contribution >= 0.6 is 11.6 Å². The van der Waals surface area contributed by atoms with E-state index in [0.717, 1.165) is 50.6 Å². The fraction of sp³-hybridized carbons (Fsp3) is 0.632. The lowest BCUT2D eigenvalue weighted by molar-refractivity contribution is -0.137. The number of carbonyl (C=O) groups excluding carboxylic acids is 1. The summed E-state index contributed by atoms with van der Waals surface area (Å²) in [7, 11) is 0. The van der Waals surface area contributed by atoms with E-state index in [-0.39, 0.29) is 5.92 Å². The molecular weight excluding hydrogens is 308 g/mol. The highest BCUT2D eigenvalue weighted by Crippen LogP contribution is 2.23. The number of hydrogen-bond acceptors (Lipinski definition) is 2. The Morgan fingerprint density at radius 2 is 1.74 bits per heavy atom. The average molecular weight is 335 g/mol. The van der Waals surface area contributed by atoms with Gasteiger partial charge in [0.15, 0.2) is 0 Å². The molecular formula is C19H27ClN2O. The molecule has 0 bridgehead atoms. The molecule has 4 heteroatoms. The topological polar surface area (TPSA) is 23.6 Å². The molecule has 2 fully saturated rings. The highest BCUT2D eigenvalue weighted by Gasteiger charge is 2.28. The summed E-state index contributed by atoms with van der Waals surface area (Å²) in [4.78, 5) is 17.3. The van der Waals surface area contributed by atoms with Crippen LogP contribution in [0, 0.1) is 5.92 Å². The zero-order valence-electron chi connectivity index (χ0n) is 13.8. The monoisotopic (exact) mass is 334 g/mol. The zero-order valence-corrected chi connectivity index (χ0v) is 14.6. The third kappa shape index (κ3) is 4.71. The first-order valence-corrected chi connectivity index (χ1v) is 9.36. The highest BCUT2D eigenvalue weighted by atomic mass is 35.5. The summed E-state index contributed by atoms with van der Waals surface area (Å²) in [5, 5.41) is 0.800. The van der Waals surface area contributed by atoms with E-state index in [4.69, 9.17) is 11.6 Å². The van der Waals surface area contributed by atoms with Crippen LogP contribution < -0.4 is 0 Å². The Bertz CT molecular complexity index is 518. The van der Waals surface area contributed by atoms with Crippen molar-refractivity contribution >= 4 is 17.5 Å². The maximum Gasteiger partial charge on any atom is 0.225 e. The second-order valence-electron chi connectivity index (χ2n) is 6.92. The van der Waals surface area contributed by atoms with Crippen LogP contribution in [0.25, 0.3) is 0 Å². The minimum absolute atomic E-state index is 0.240. The van der Waals surface area contributed by atoms with Crippen molar-refractivity contribution in [3.05, 3.63) is 34.9 Å². The van der Waals surface area contributed by atoms with Gasteiger partial charge in [-0.2, -0.15) is 0 Å². The number of benzene rings is 1. The van der Waals surface area contributed by atoms with Gasteiger partial charge in [0.1, 0.15) is 0 Å². The molecule has 1 amide bonds. The molecule has 1 aromatic rings. The maximum absolute atomic E-state index is 12.7. The standard InChI is InChI=1S/C19H27ClN2O/c20-18-7-5-6-16(14-18)15-21-12-8-17(9-13-21)19(23)22-10-3-1-2-4-11-22/h5-7,14,17H,1-4,8-13,15H2. The Labute approximate surface area is 144 Å². The van der Waals surface area contributed by atoms with Gasteiger partial charge < -0.3 is 4.90 Å². The summed E-state index contributed by atoms with van der Waals surface area (Å²) >= 11 is 6.06. The molecule has 2 aliphatic rings. The number of piperidine rings is 1. The van der Waals surface area contributed by atoms with Gasteiger partial charge in [0.25, 0.3) is 0 Å². The van der Waals surface area contributed by atoms with E-state index >= 15 is 0 Å². The molecule has 23 heavy (non-hydrogen) atoms. The zero-order chi connectivity index (χ0) is 16.1. The SMILES string of the molecule is O=C(C1CCN(Cc2cccc(Cl)c2)CC1)N1CCCCCC1. The van der Waals surface area contributed by atoms with Crippen LogP contribution in [0.5, 0.6) is 0 Å². The van der Waals surface area contributed by atoms with Crippen molar-refractivity contribution < 1.29 is 4.79 Å². The Kier molecular flexibility index (Phi) is 5.96. The summed E-state index contributed by atoms with van der Waals surface area (Å²) in [6.45, 7) is 4.90. The van der Waals surface area contributed by atoms with Crippen LogP contribution in [-0.4, -0.2) is 41.9 Å². The Hall–Kier alpha value is -1.06. The largest absolute Gasteiger partial charge is 0.342 e. The predicted molar refractivity (Wildman–Crippen MR) is 94.5 cm³/mol. The van der Waals surface area contributed by atoms with Crippen molar-refractivity contribution in [2.45, 2.75) is 45.1 Å². The molecule has 2 saturated heterocycles. The molecule has 0 radical (unpaired) electrons. The number of likely N-dealkylation sites (tertiary alicyclic amines) is 2. The molecule has 0 aromatic heterocycles. The first-order chi connectivity index (χ1) is 11.2. The minimum Gasteiger partial charge on any atom is -0.342 e. The van der Waals surface area contributed by atoms with Crippen molar-refractivity contribution in [2.24, 2.45) is 5.92 Å². The Morgan fingerprint density at radius 3 is 2.39 bits per heavy atom. The number of hydrogen-bond donors (Lipinski definition) is 0. The molecule has 3 rings (SSSR count). The molecule has 0 spiro atoms. The van der Waals surface area contributed by atoms with Gasteiger partial charge in [-0.15, -0.1) is 0 Å². The molecule has 126 valence electrons. The van der Waals surface area contributed by atoms with Crippen LogP contribution in [-0.2, 0) is 11.3 Å². The lowest BCUT2D eigenvalue weighted by atomic mass is 9.94. The quantitative estimate of drug-likeness (QED) is 0.835. The van der Waals surface area contributed by atoms with E-state index in [1.54, 1.807) is 0 Å². The number of rotatable bonds is 3. The fourth-order valence-corrected chi connectivity index (χ4v) is 3.99. The minimum atomic E-state index is 0.240. The average Bonchev–Trinajstić information content (AvgIpc) is 2.84. The lowest BCUT2D eigenvalue weighted by Crippen LogP contribution is -2.42. The van der Waals surface area contributed by atoms with Crippen molar-refractivity contribution in [3.63, 3.8) is 0 Å². The maximum atomic E-state index is 12.7. The molecule has 0 unspecified atom stereocenters. The molecule has 2 aliphatic heterocycles. The molecule has 1 aromatic carbocycles. The summed E-state index contributed by atoms with van der Waals surface area (Å²) < 4.78 is 0. The van der Waals surface area contributed by atoms with Crippen LogP contribution in [0.15, 0.2) is 24.3 Å². The van der Waals surface area contributed by atoms with Crippen LogP contribution in [0.3, 0.4) is 0 Å². The van der Waals surface area contributed by atoms with E-state index in [2.05, 4.69) is 15.9 Å². The van der Waals surface area contributed by atoms with E-state index in [1.165, 1.54) is 31.2 Å². The Balaban J connectivity index is 1.48. The van der Waals surface area contributed by atoms with Gasteiger partial charge in [-0.3, -0.25) is 9.69 Å². The van der Waals surface area contributed by atoms with E-state index in [1.807, 2.05) is 18.2 Å². The van der Waals surface area contributed by atoms with Crippen LogP contribution in [0.4, 0.5) is 0 Å². The molecule has 0 N–H and O–H groups in total. The number of carbonyl (C=O) groups is 1. The second kappa shape index (κ2) is 8.16. The summed E-state index contributed by atoms with van der Waals surface area (Å²) in [5.41, 5.74) is 1.26. The van der Waals surface area contributed by atoms with Gasteiger partial charge >= 0.3 is 0 Å². The van der Waals surface area contributed by atoms with Gasteiger partial charge in [-0.05, 0) is 56.5 Å². The summed E-state index contributed by atoms with van der Waals surface area (Å²) in [6, 6.07) is 8.08. The number of nitrogens with zero attached hydrogens (tertiary/aromatic N) is 2. The highest BCUT2D eigenvalue weighted by molar-refractivity contribution is 6.30. The Morgan fingerprint density at radius 1 is 1.04 bits per heavy atom. The normalized spacial score (nSPS) is 21.2. The van der Waals surface area contributed by atoms with Crippen molar-refractivity contribution in [2.75, 3.05) is 26.2 Å². The number of amides is 1. The van der Waals surface area contributed by atoms with Gasteiger partial charge in [-0.25, -0.2) is 0 Å². The number of halogens is 1. The third-order valence-electron chi connectivity index (χ3n) is 5.15. The summed E-state index contributed by atoms with van der Waals surface area (Å²) in [6.07, 6.45) is 6.91. The molecule has 3 nitrogen and oxygen atoms in total. The molecule has 0 saturated carbocycles. The van der Waals surface area contributed by atoms with E-state index in [9.17, 15) is 4.79 Å². The van der Waals surface area contributed by atoms with Crippen molar-refractivity contribution in [1.82, 2.24) is 9.80 Å². The van der Waals surface area contributed by atoms with Crippen molar-refractivity contribution in [3.8, 4) is 0 Å². The predicted octanol–water partition coefficient (Wildman–Crippen LogP) is 3.95. The molecule has 2 heterocycles. The van der Waals surface area contributed by atoms with E-state index in [0.29, 0.717) is 5.91 Å². The van der Waals surface area contributed by atoms with Gasteiger partial charge in [-0.1, -0.05) is 36.6 Å². The first-order valence-electron chi connectivity index (χ1n) is 8.98. The molecule has 0 atom stereocenters.